The Morgan fingerprint density at radius 2 is 1.84 bits per heavy atom. The third kappa shape index (κ3) is 2.27. The summed E-state index contributed by atoms with van der Waals surface area (Å²) in [5, 5.41) is 0. The van der Waals surface area contributed by atoms with E-state index in [1.165, 1.54) is 11.1 Å². The quantitative estimate of drug-likeness (QED) is 0.707. The smallest absolute Gasteiger partial charge is 0.152 e. The Labute approximate surface area is 115 Å². The zero-order chi connectivity index (χ0) is 13.4. The molecular weight excluding hydrogens is 256 g/mol. The number of nitrogens with two attached hydrogens (primary N) is 1. The predicted octanol–water partition coefficient (Wildman–Crippen LogP) is 4.29. The second kappa shape index (κ2) is 4.55. The molecule has 0 radical (unpaired) electrons. The van der Waals surface area contributed by atoms with Gasteiger partial charge in [0.25, 0.3) is 0 Å². The first-order valence-electron chi connectivity index (χ1n) is 6.01. The lowest BCUT2D eigenvalue weighted by atomic mass is 10.1. The zero-order valence-corrected chi connectivity index (χ0v) is 11.6. The molecule has 3 aromatic rings. The highest BCUT2D eigenvalue weighted by Crippen LogP contribution is 2.34. The summed E-state index contributed by atoms with van der Waals surface area (Å²) in [4.78, 5) is 4.27. The van der Waals surface area contributed by atoms with Gasteiger partial charge in [0, 0.05) is 0 Å². The normalized spacial score (nSPS) is 10.8. The Kier molecular flexibility index (Phi) is 2.87. The van der Waals surface area contributed by atoms with Crippen molar-refractivity contribution >= 4 is 27.2 Å². The number of aryl methyl sites for hydroxylation is 2. The van der Waals surface area contributed by atoms with Gasteiger partial charge in [0.15, 0.2) is 5.75 Å². The van der Waals surface area contributed by atoms with Crippen molar-refractivity contribution in [3.05, 3.63) is 47.0 Å². The molecule has 3 rings (SSSR count). The molecule has 0 unspecified atom stereocenters. The lowest BCUT2D eigenvalue weighted by Crippen LogP contribution is -1.93. The molecule has 19 heavy (non-hydrogen) atoms. The highest BCUT2D eigenvalue weighted by atomic mass is 32.1. The lowest BCUT2D eigenvalue weighted by molar-refractivity contribution is 0.485. The Hall–Kier alpha value is -2.07. The van der Waals surface area contributed by atoms with Gasteiger partial charge < -0.3 is 10.5 Å². The summed E-state index contributed by atoms with van der Waals surface area (Å²) in [5.74, 6) is 1.46. The summed E-state index contributed by atoms with van der Waals surface area (Å²) in [6.45, 7) is 4.10. The lowest BCUT2D eigenvalue weighted by Gasteiger charge is -2.10. The van der Waals surface area contributed by atoms with Crippen LogP contribution < -0.4 is 10.5 Å². The van der Waals surface area contributed by atoms with Crippen molar-refractivity contribution in [3.63, 3.8) is 0 Å². The topological polar surface area (TPSA) is 48.1 Å². The van der Waals surface area contributed by atoms with Crippen molar-refractivity contribution in [1.82, 2.24) is 4.98 Å². The standard InChI is InChI=1S/C15H14N2OS/c1-9-5-10(2)7-11(6-9)18-12-3-4-13-15(14(12)16)17-8-19-13/h3-8H,16H2,1-2H3. The molecule has 0 aliphatic carbocycles. The largest absolute Gasteiger partial charge is 0.455 e. The maximum Gasteiger partial charge on any atom is 0.152 e. The first-order chi connectivity index (χ1) is 9.13. The SMILES string of the molecule is Cc1cc(C)cc(Oc2ccc3scnc3c2N)c1. The second-order valence-electron chi connectivity index (χ2n) is 4.60. The van der Waals surface area contributed by atoms with E-state index >= 15 is 0 Å². The number of rotatable bonds is 2. The minimum atomic E-state index is 0.595. The van der Waals surface area contributed by atoms with Gasteiger partial charge in [-0.3, -0.25) is 0 Å². The Morgan fingerprint density at radius 1 is 1.11 bits per heavy atom. The van der Waals surface area contributed by atoms with Crippen LogP contribution in [0, 0.1) is 13.8 Å². The maximum atomic E-state index is 6.11. The number of ether oxygens (including phenoxy) is 1. The summed E-state index contributed by atoms with van der Waals surface area (Å²) in [5.41, 5.74) is 11.6. The minimum absolute atomic E-state index is 0.595. The molecule has 2 aromatic carbocycles. The molecule has 0 saturated heterocycles. The van der Waals surface area contributed by atoms with Crippen LogP contribution in [0.1, 0.15) is 11.1 Å². The number of anilines is 1. The number of thiazole rings is 1. The van der Waals surface area contributed by atoms with Gasteiger partial charge >= 0.3 is 0 Å². The molecule has 0 aliphatic rings. The number of nitrogen functional groups attached to an aromatic ring is 1. The molecule has 4 heteroatoms. The van der Waals surface area contributed by atoms with E-state index in [1.54, 1.807) is 16.8 Å². The van der Waals surface area contributed by atoms with Crippen LogP contribution in [0.2, 0.25) is 0 Å². The third-order valence-electron chi connectivity index (χ3n) is 2.92. The number of aromatic nitrogens is 1. The van der Waals surface area contributed by atoms with Crippen LogP contribution in [-0.4, -0.2) is 4.98 Å². The summed E-state index contributed by atoms with van der Waals surface area (Å²) in [6.07, 6.45) is 0. The van der Waals surface area contributed by atoms with E-state index in [2.05, 4.69) is 11.1 Å². The van der Waals surface area contributed by atoms with Crippen LogP contribution in [0.5, 0.6) is 11.5 Å². The van der Waals surface area contributed by atoms with Crippen LogP contribution in [0.3, 0.4) is 0 Å². The van der Waals surface area contributed by atoms with E-state index in [-0.39, 0.29) is 0 Å². The number of benzene rings is 2. The fourth-order valence-electron chi connectivity index (χ4n) is 2.14. The molecule has 0 aliphatic heterocycles. The van der Waals surface area contributed by atoms with Gasteiger partial charge in [-0.25, -0.2) is 4.98 Å². The molecule has 2 N–H and O–H groups in total. The molecule has 96 valence electrons. The molecule has 0 spiro atoms. The monoisotopic (exact) mass is 270 g/mol. The minimum Gasteiger partial charge on any atom is -0.455 e. The van der Waals surface area contributed by atoms with Crippen LogP contribution in [0.4, 0.5) is 5.69 Å². The highest BCUT2D eigenvalue weighted by molar-refractivity contribution is 7.16. The molecular formula is C15H14N2OS. The van der Waals surface area contributed by atoms with Crippen LogP contribution in [0.15, 0.2) is 35.8 Å². The van der Waals surface area contributed by atoms with Gasteiger partial charge in [-0.2, -0.15) is 0 Å². The highest BCUT2D eigenvalue weighted by Gasteiger charge is 2.09. The maximum absolute atomic E-state index is 6.11. The van der Waals surface area contributed by atoms with Crippen molar-refractivity contribution < 1.29 is 4.74 Å². The summed E-state index contributed by atoms with van der Waals surface area (Å²) in [7, 11) is 0. The van der Waals surface area contributed by atoms with E-state index in [1.807, 2.05) is 38.1 Å². The molecule has 0 bridgehead atoms. The van der Waals surface area contributed by atoms with Crippen LogP contribution >= 0.6 is 11.3 Å². The van der Waals surface area contributed by atoms with Gasteiger partial charge in [0.2, 0.25) is 0 Å². The van der Waals surface area contributed by atoms with Gasteiger partial charge in [0.1, 0.15) is 17.0 Å². The number of hydrogen-bond donors (Lipinski definition) is 1. The average Bonchev–Trinajstić information content (AvgIpc) is 2.80. The number of nitrogens with zero attached hydrogens (tertiary/aromatic N) is 1. The molecule has 1 aromatic heterocycles. The van der Waals surface area contributed by atoms with Crippen LogP contribution in [-0.2, 0) is 0 Å². The average molecular weight is 270 g/mol. The van der Waals surface area contributed by atoms with Gasteiger partial charge in [-0.05, 0) is 49.2 Å². The number of hydrogen-bond acceptors (Lipinski definition) is 4. The predicted molar refractivity (Wildman–Crippen MR) is 80.0 cm³/mol. The first kappa shape index (κ1) is 12.0. The van der Waals surface area contributed by atoms with Gasteiger partial charge in [-0.1, -0.05) is 6.07 Å². The van der Waals surface area contributed by atoms with Crippen molar-refractivity contribution in [2.24, 2.45) is 0 Å². The Balaban J connectivity index is 2.02. The third-order valence-corrected chi connectivity index (χ3v) is 3.72. The van der Waals surface area contributed by atoms with Gasteiger partial charge in [-0.15, -0.1) is 11.3 Å². The second-order valence-corrected chi connectivity index (χ2v) is 5.49. The summed E-state index contributed by atoms with van der Waals surface area (Å²) < 4.78 is 6.96. The Morgan fingerprint density at radius 3 is 2.58 bits per heavy atom. The first-order valence-corrected chi connectivity index (χ1v) is 6.89. The van der Waals surface area contributed by atoms with E-state index in [9.17, 15) is 0 Å². The van der Waals surface area contributed by atoms with E-state index in [0.717, 1.165) is 16.0 Å². The molecule has 0 saturated carbocycles. The molecule has 0 fully saturated rings. The molecule has 0 amide bonds. The van der Waals surface area contributed by atoms with Crippen molar-refractivity contribution in [2.45, 2.75) is 13.8 Å². The van der Waals surface area contributed by atoms with Crippen LogP contribution in [0.25, 0.3) is 10.2 Å². The van der Waals surface area contributed by atoms with Gasteiger partial charge in [0.05, 0.1) is 10.2 Å². The fourth-order valence-corrected chi connectivity index (χ4v) is 2.83. The fraction of sp³-hybridized carbons (Fsp3) is 0.133. The van der Waals surface area contributed by atoms with Crippen molar-refractivity contribution in [3.8, 4) is 11.5 Å². The van der Waals surface area contributed by atoms with E-state index in [4.69, 9.17) is 10.5 Å². The summed E-state index contributed by atoms with van der Waals surface area (Å²) in [6, 6.07) is 9.99. The van der Waals surface area contributed by atoms with Crippen molar-refractivity contribution in [1.29, 1.82) is 0 Å². The molecule has 3 nitrogen and oxygen atoms in total. The summed E-state index contributed by atoms with van der Waals surface area (Å²) >= 11 is 1.57. The Bertz CT molecular complexity index is 729. The molecule has 1 heterocycles. The molecule has 0 atom stereocenters. The zero-order valence-electron chi connectivity index (χ0n) is 10.8. The van der Waals surface area contributed by atoms with E-state index in [0.29, 0.717) is 11.4 Å². The van der Waals surface area contributed by atoms with Crippen molar-refractivity contribution in [2.75, 3.05) is 5.73 Å². The number of fused-ring (bicyclic) bond motifs is 1. The van der Waals surface area contributed by atoms with E-state index < -0.39 is 0 Å².